The third kappa shape index (κ3) is 10.6. The van der Waals surface area contributed by atoms with Crippen molar-refractivity contribution >= 4 is 11.9 Å². The first-order valence-electron chi connectivity index (χ1n) is 7.80. The summed E-state index contributed by atoms with van der Waals surface area (Å²) in [7, 11) is 0. The first-order chi connectivity index (χ1) is 11.3. The number of para-hydroxylation sites is 1. The van der Waals surface area contributed by atoms with E-state index in [1.54, 1.807) is 0 Å². The fourth-order valence-electron chi connectivity index (χ4n) is 1.86. The fraction of sp³-hybridized carbons (Fsp3) is 0.529. The van der Waals surface area contributed by atoms with E-state index in [0.717, 1.165) is 18.6 Å². The van der Waals surface area contributed by atoms with Gasteiger partial charge in [-0.05, 0) is 45.2 Å². The van der Waals surface area contributed by atoms with E-state index in [4.69, 9.17) is 29.6 Å². The summed E-state index contributed by atoms with van der Waals surface area (Å²) in [5.41, 5.74) is 1.18. The van der Waals surface area contributed by atoms with Crippen LogP contribution in [0.1, 0.15) is 32.3 Å². The average Bonchev–Trinajstić information content (AvgIpc) is 2.53. The van der Waals surface area contributed by atoms with Crippen LogP contribution in [-0.4, -0.2) is 52.6 Å². The van der Waals surface area contributed by atoms with Crippen LogP contribution in [0.15, 0.2) is 24.3 Å². The van der Waals surface area contributed by atoms with E-state index in [0.29, 0.717) is 12.6 Å². The number of hydrogen-bond donors (Lipinski definition) is 4. The molecule has 0 fully saturated rings. The van der Waals surface area contributed by atoms with Crippen LogP contribution in [0, 0.1) is 6.92 Å². The Morgan fingerprint density at radius 2 is 1.71 bits per heavy atom. The van der Waals surface area contributed by atoms with Gasteiger partial charge in [0.1, 0.15) is 5.75 Å². The molecule has 0 bridgehead atoms. The summed E-state index contributed by atoms with van der Waals surface area (Å²) in [6, 6.07) is 8.51. The molecule has 24 heavy (non-hydrogen) atoms. The third-order valence-electron chi connectivity index (χ3n) is 3.22. The standard InChI is InChI=1S/C15H25NO2.C2H2O4/c1-12-6-4-5-7-15(12)18-14(3)9-8-13(2)16-10-11-17;3-1(4)2(5)6/h4-7,13-14,16-17H,8-11H2,1-3H3;(H,3,4)(H,5,6). The Hall–Kier alpha value is -2.12. The zero-order valence-corrected chi connectivity index (χ0v) is 14.4. The second-order valence-electron chi connectivity index (χ2n) is 5.46. The Kier molecular flexibility index (Phi) is 11.2. The number of carbonyl (C=O) groups is 2. The molecule has 2 unspecified atom stereocenters. The quantitative estimate of drug-likeness (QED) is 0.531. The lowest BCUT2D eigenvalue weighted by molar-refractivity contribution is -0.159. The Morgan fingerprint density at radius 1 is 1.12 bits per heavy atom. The largest absolute Gasteiger partial charge is 0.490 e. The van der Waals surface area contributed by atoms with E-state index in [9.17, 15) is 0 Å². The zero-order valence-electron chi connectivity index (χ0n) is 14.4. The number of rotatable bonds is 8. The molecular formula is C17H27NO6. The van der Waals surface area contributed by atoms with Crippen molar-refractivity contribution in [3.63, 3.8) is 0 Å². The molecule has 7 heteroatoms. The molecule has 0 aromatic heterocycles. The molecular weight excluding hydrogens is 314 g/mol. The minimum absolute atomic E-state index is 0.194. The second-order valence-corrected chi connectivity index (χ2v) is 5.46. The molecule has 1 rings (SSSR count). The molecule has 1 aromatic rings. The number of aliphatic carboxylic acids is 2. The summed E-state index contributed by atoms with van der Waals surface area (Å²) in [5, 5.41) is 26.8. The van der Waals surface area contributed by atoms with E-state index >= 15 is 0 Å². The molecule has 0 saturated carbocycles. The van der Waals surface area contributed by atoms with Gasteiger partial charge in [-0.25, -0.2) is 9.59 Å². The number of hydrogen-bond acceptors (Lipinski definition) is 5. The average molecular weight is 341 g/mol. The molecule has 1 aromatic carbocycles. The molecule has 136 valence electrons. The van der Waals surface area contributed by atoms with Crippen molar-refractivity contribution < 1.29 is 29.6 Å². The Balaban J connectivity index is 0.000000754. The van der Waals surface area contributed by atoms with Crippen LogP contribution < -0.4 is 10.1 Å². The van der Waals surface area contributed by atoms with E-state index in [-0.39, 0.29) is 12.7 Å². The van der Waals surface area contributed by atoms with Crippen LogP contribution in [-0.2, 0) is 9.59 Å². The van der Waals surface area contributed by atoms with Crippen LogP contribution in [0.2, 0.25) is 0 Å². The van der Waals surface area contributed by atoms with Gasteiger partial charge in [-0.15, -0.1) is 0 Å². The van der Waals surface area contributed by atoms with Gasteiger partial charge in [0.05, 0.1) is 12.7 Å². The number of carboxylic acids is 2. The van der Waals surface area contributed by atoms with Crippen LogP contribution >= 0.6 is 0 Å². The molecule has 0 radical (unpaired) electrons. The van der Waals surface area contributed by atoms with Crippen molar-refractivity contribution in [1.29, 1.82) is 0 Å². The normalized spacial score (nSPS) is 12.5. The predicted molar refractivity (Wildman–Crippen MR) is 90.3 cm³/mol. The zero-order chi connectivity index (χ0) is 18.5. The van der Waals surface area contributed by atoms with Gasteiger partial charge in [0.2, 0.25) is 0 Å². The summed E-state index contributed by atoms with van der Waals surface area (Å²) in [5.74, 6) is -2.68. The molecule has 0 aliphatic heterocycles. The van der Waals surface area contributed by atoms with Gasteiger partial charge in [0, 0.05) is 12.6 Å². The van der Waals surface area contributed by atoms with Gasteiger partial charge >= 0.3 is 11.9 Å². The maximum absolute atomic E-state index is 9.10. The van der Waals surface area contributed by atoms with Gasteiger partial charge in [0.15, 0.2) is 0 Å². The Morgan fingerprint density at radius 3 is 2.21 bits per heavy atom. The first kappa shape index (κ1) is 21.9. The summed E-state index contributed by atoms with van der Waals surface area (Å²) >= 11 is 0. The minimum Gasteiger partial charge on any atom is -0.490 e. The lowest BCUT2D eigenvalue weighted by Crippen LogP contribution is -2.30. The topological polar surface area (TPSA) is 116 Å². The van der Waals surface area contributed by atoms with Crippen LogP contribution in [0.5, 0.6) is 5.75 Å². The summed E-state index contributed by atoms with van der Waals surface area (Å²) in [6.45, 7) is 7.16. The summed E-state index contributed by atoms with van der Waals surface area (Å²) < 4.78 is 5.92. The van der Waals surface area contributed by atoms with Crippen molar-refractivity contribution in [1.82, 2.24) is 5.32 Å². The molecule has 0 saturated heterocycles. The summed E-state index contributed by atoms with van der Waals surface area (Å²) in [4.78, 5) is 18.2. The molecule has 0 heterocycles. The molecule has 0 amide bonds. The van der Waals surface area contributed by atoms with Gasteiger partial charge in [0.25, 0.3) is 0 Å². The highest BCUT2D eigenvalue weighted by molar-refractivity contribution is 6.27. The molecule has 0 aliphatic carbocycles. The predicted octanol–water partition coefficient (Wildman–Crippen LogP) is 1.67. The Labute approximate surface area is 142 Å². The fourth-order valence-corrected chi connectivity index (χ4v) is 1.86. The number of carboxylic acid groups (broad SMARTS) is 2. The van der Waals surface area contributed by atoms with Gasteiger partial charge < -0.3 is 25.4 Å². The maximum Gasteiger partial charge on any atom is 0.414 e. The van der Waals surface area contributed by atoms with Crippen LogP contribution in [0.4, 0.5) is 0 Å². The van der Waals surface area contributed by atoms with E-state index in [1.165, 1.54) is 5.56 Å². The molecule has 2 atom stereocenters. The van der Waals surface area contributed by atoms with Crippen molar-refractivity contribution in [2.45, 2.75) is 45.8 Å². The molecule has 0 aliphatic rings. The molecule has 7 nitrogen and oxygen atoms in total. The van der Waals surface area contributed by atoms with E-state index < -0.39 is 11.9 Å². The smallest absolute Gasteiger partial charge is 0.414 e. The molecule has 0 spiro atoms. The van der Waals surface area contributed by atoms with Gasteiger partial charge in [-0.1, -0.05) is 18.2 Å². The van der Waals surface area contributed by atoms with Crippen LogP contribution in [0.3, 0.4) is 0 Å². The number of benzene rings is 1. The molecule has 4 N–H and O–H groups in total. The summed E-state index contributed by atoms with van der Waals surface area (Å²) in [6.07, 6.45) is 2.27. The maximum atomic E-state index is 9.10. The van der Waals surface area contributed by atoms with Gasteiger partial charge in [-0.3, -0.25) is 0 Å². The van der Waals surface area contributed by atoms with Crippen LogP contribution in [0.25, 0.3) is 0 Å². The minimum atomic E-state index is -1.82. The SMILES string of the molecule is Cc1ccccc1OC(C)CCC(C)NCCO.O=C(O)C(=O)O. The van der Waals surface area contributed by atoms with E-state index in [2.05, 4.69) is 32.2 Å². The Bertz CT molecular complexity index is 494. The highest BCUT2D eigenvalue weighted by atomic mass is 16.5. The number of aliphatic hydroxyl groups excluding tert-OH is 1. The van der Waals surface area contributed by atoms with Crippen molar-refractivity contribution in [3.8, 4) is 5.75 Å². The number of ether oxygens (including phenoxy) is 1. The first-order valence-corrected chi connectivity index (χ1v) is 7.80. The lowest BCUT2D eigenvalue weighted by atomic mass is 10.1. The van der Waals surface area contributed by atoms with Crippen molar-refractivity contribution in [3.05, 3.63) is 29.8 Å². The van der Waals surface area contributed by atoms with Gasteiger partial charge in [-0.2, -0.15) is 0 Å². The van der Waals surface area contributed by atoms with Crippen molar-refractivity contribution in [2.75, 3.05) is 13.2 Å². The number of aliphatic hydroxyl groups is 1. The second kappa shape index (κ2) is 12.3. The number of nitrogens with one attached hydrogen (secondary N) is 1. The van der Waals surface area contributed by atoms with E-state index in [1.807, 2.05) is 18.2 Å². The third-order valence-corrected chi connectivity index (χ3v) is 3.22. The highest BCUT2D eigenvalue weighted by Crippen LogP contribution is 2.19. The highest BCUT2D eigenvalue weighted by Gasteiger charge is 2.08. The van der Waals surface area contributed by atoms with Crippen molar-refractivity contribution in [2.24, 2.45) is 0 Å². The monoisotopic (exact) mass is 341 g/mol. The lowest BCUT2D eigenvalue weighted by Gasteiger charge is -2.19. The number of aryl methyl sites for hydroxylation is 1.